The van der Waals surface area contributed by atoms with Crippen molar-refractivity contribution < 1.29 is 19.1 Å². The molecule has 0 heterocycles. The van der Waals surface area contributed by atoms with Crippen LogP contribution in [-0.4, -0.2) is 49.7 Å². The maximum Gasteiger partial charge on any atom is 0.339 e. The van der Waals surface area contributed by atoms with Crippen molar-refractivity contribution in [1.29, 1.82) is 0 Å². The molecule has 0 fully saturated rings. The van der Waals surface area contributed by atoms with E-state index in [1.807, 2.05) is 0 Å². The zero-order valence-corrected chi connectivity index (χ0v) is 24.8. The van der Waals surface area contributed by atoms with Crippen molar-refractivity contribution in [2.75, 3.05) is 32.8 Å². The first-order chi connectivity index (χ1) is 18.0. The lowest BCUT2D eigenvalue weighted by Gasteiger charge is -2.13. The third kappa shape index (κ3) is 18.9. The van der Waals surface area contributed by atoms with Crippen LogP contribution in [0.3, 0.4) is 0 Å². The number of hydrogen-bond donors (Lipinski definition) is 0. The van der Waals surface area contributed by atoms with Crippen LogP contribution in [0.1, 0.15) is 145 Å². The van der Waals surface area contributed by atoms with Gasteiger partial charge in [0.05, 0.1) is 24.3 Å². The maximum absolute atomic E-state index is 12.4. The van der Waals surface area contributed by atoms with Gasteiger partial charge in [-0.05, 0) is 44.6 Å². The number of carbonyl (C=O) groups excluding carboxylic acids is 2. The first-order valence-corrected chi connectivity index (χ1v) is 15.2. The molecule has 1 aromatic rings. The van der Waals surface area contributed by atoms with Crippen LogP contribution >= 0.6 is 0 Å². The molecule has 37 heavy (non-hydrogen) atoms. The summed E-state index contributed by atoms with van der Waals surface area (Å²) in [6, 6.07) is 6.77. The number of unbranched alkanes of at least 4 members (excludes halogenated alkanes) is 12. The molecular formula is C32H57NO4. The van der Waals surface area contributed by atoms with Gasteiger partial charge in [-0.15, -0.1) is 0 Å². The van der Waals surface area contributed by atoms with E-state index >= 15 is 0 Å². The lowest BCUT2D eigenvalue weighted by molar-refractivity contribution is 0.0450. The van der Waals surface area contributed by atoms with E-state index in [1.54, 1.807) is 24.3 Å². The molecule has 0 aliphatic rings. The Hall–Kier alpha value is -1.88. The highest BCUT2D eigenvalue weighted by Crippen LogP contribution is 2.14. The van der Waals surface area contributed by atoms with Gasteiger partial charge in [0.15, 0.2) is 0 Å². The number of carbonyl (C=O) groups is 2. The van der Waals surface area contributed by atoms with E-state index in [2.05, 4.69) is 39.5 Å². The van der Waals surface area contributed by atoms with Crippen molar-refractivity contribution in [3.05, 3.63) is 35.4 Å². The summed E-state index contributed by atoms with van der Waals surface area (Å²) in [6.07, 6.45) is 16.4. The first kappa shape index (κ1) is 35.1. The summed E-state index contributed by atoms with van der Waals surface area (Å²) < 4.78 is 10.8. The standard InChI is InChI=1S/C26H42O4.C6H15N/c1-3-5-7-9-11-13-17-21-29-25(27)23-19-15-16-20-24(23)26(28)30-22-18-14-12-10-8-6-4-2;1-4-7(5-2)6-3/h15-16,19-20H,3-14,17-18,21-22H2,1-2H3;4-6H2,1-3H3. The van der Waals surface area contributed by atoms with Gasteiger partial charge in [0, 0.05) is 0 Å². The van der Waals surface area contributed by atoms with Crippen LogP contribution in [0, 0.1) is 0 Å². The minimum absolute atomic E-state index is 0.296. The number of hydrogen-bond acceptors (Lipinski definition) is 5. The van der Waals surface area contributed by atoms with Crippen LogP contribution in [-0.2, 0) is 9.47 Å². The zero-order valence-electron chi connectivity index (χ0n) is 24.8. The minimum atomic E-state index is -0.440. The summed E-state index contributed by atoms with van der Waals surface area (Å²) in [4.78, 5) is 27.2. The summed E-state index contributed by atoms with van der Waals surface area (Å²) >= 11 is 0. The van der Waals surface area contributed by atoms with Crippen molar-refractivity contribution in [3.63, 3.8) is 0 Å². The van der Waals surface area contributed by atoms with E-state index in [0.717, 1.165) is 25.7 Å². The monoisotopic (exact) mass is 519 g/mol. The molecule has 214 valence electrons. The molecule has 0 saturated heterocycles. The molecular weight excluding hydrogens is 462 g/mol. The van der Waals surface area contributed by atoms with Gasteiger partial charge in [-0.1, -0.05) is 124 Å². The highest BCUT2D eigenvalue weighted by molar-refractivity contribution is 6.03. The molecule has 0 atom stereocenters. The summed E-state index contributed by atoms with van der Waals surface area (Å²) in [7, 11) is 0. The van der Waals surface area contributed by atoms with Crippen LogP contribution in [0.25, 0.3) is 0 Å². The molecule has 0 saturated carbocycles. The van der Waals surface area contributed by atoms with E-state index in [4.69, 9.17) is 9.47 Å². The Balaban J connectivity index is 0.00000161. The van der Waals surface area contributed by atoms with Gasteiger partial charge in [0.2, 0.25) is 0 Å². The second-order valence-electron chi connectivity index (χ2n) is 9.68. The van der Waals surface area contributed by atoms with E-state index < -0.39 is 11.9 Å². The van der Waals surface area contributed by atoms with E-state index in [1.165, 1.54) is 83.8 Å². The van der Waals surface area contributed by atoms with Gasteiger partial charge in [-0.2, -0.15) is 0 Å². The molecule has 0 aliphatic carbocycles. The van der Waals surface area contributed by atoms with Crippen LogP contribution < -0.4 is 0 Å². The van der Waals surface area contributed by atoms with Gasteiger partial charge in [0.1, 0.15) is 0 Å². The molecule has 5 nitrogen and oxygen atoms in total. The van der Waals surface area contributed by atoms with E-state index in [9.17, 15) is 9.59 Å². The third-order valence-corrected chi connectivity index (χ3v) is 6.67. The molecule has 0 aromatic heterocycles. The van der Waals surface area contributed by atoms with Crippen molar-refractivity contribution in [3.8, 4) is 0 Å². The fraction of sp³-hybridized carbons (Fsp3) is 0.750. The SMILES string of the molecule is CCCCCCCCCOC(=O)c1ccccc1C(=O)OCCCCCCCCC.CCN(CC)CC. The van der Waals surface area contributed by atoms with Gasteiger partial charge in [-0.3, -0.25) is 0 Å². The van der Waals surface area contributed by atoms with Gasteiger partial charge < -0.3 is 14.4 Å². The number of benzene rings is 1. The molecule has 0 aliphatic heterocycles. The van der Waals surface area contributed by atoms with Gasteiger partial charge in [-0.25, -0.2) is 9.59 Å². The summed E-state index contributed by atoms with van der Waals surface area (Å²) in [6.45, 7) is 15.3. The van der Waals surface area contributed by atoms with Crippen LogP contribution in [0.5, 0.6) is 0 Å². The second-order valence-corrected chi connectivity index (χ2v) is 9.68. The Kier molecular flexibility index (Phi) is 24.4. The average molecular weight is 520 g/mol. The van der Waals surface area contributed by atoms with Crippen molar-refractivity contribution in [1.82, 2.24) is 4.90 Å². The Morgan fingerprint density at radius 2 is 0.865 bits per heavy atom. The Labute approximate surface area is 228 Å². The average Bonchev–Trinajstić information content (AvgIpc) is 2.92. The fourth-order valence-electron chi connectivity index (χ4n) is 4.11. The lowest BCUT2D eigenvalue weighted by atomic mass is 10.1. The maximum atomic E-state index is 12.4. The summed E-state index contributed by atoms with van der Waals surface area (Å²) in [5.41, 5.74) is 0.593. The van der Waals surface area contributed by atoms with E-state index in [-0.39, 0.29) is 0 Å². The highest BCUT2D eigenvalue weighted by Gasteiger charge is 2.18. The molecule has 0 amide bonds. The number of ether oxygens (including phenoxy) is 2. The predicted octanol–water partition coefficient (Wildman–Crippen LogP) is 8.85. The second kappa shape index (κ2) is 25.8. The first-order valence-electron chi connectivity index (χ1n) is 15.2. The number of nitrogens with zero attached hydrogens (tertiary/aromatic N) is 1. The van der Waals surface area contributed by atoms with Crippen LogP contribution in [0.2, 0.25) is 0 Å². The van der Waals surface area contributed by atoms with Crippen LogP contribution in [0.4, 0.5) is 0 Å². The molecule has 0 radical (unpaired) electrons. The van der Waals surface area contributed by atoms with Crippen molar-refractivity contribution >= 4 is 11.9 Å². The Bertz CT molecular complexity index is 616. The van der Waals surface area contributed by atoms with Gasteiger partial charge >= 0.3 is 11.9 Å². The zero-order chi connectivity index (χ0) is 27.6. The fourth-order valence-corrected chi connectivity index (χ4v) is 4.11. The van der Waals surface area contributed by atoms with Crippen molar-refractivity contribution in [2.45, 2.75) is 125 Å². The Morgan fingerprint density at radius 1 is 0.541 bits per heavy atom. The molecule has 0 spiro atoms. The largest absolute Gasteiger partial charge is 0.462 e. The molecule has 0 N–H and O–H groups in total. The predicted molar refractivity (Wildman–Crippen MR) is 156 cm³/mol. The Morgan fingerprint density at radius 3 is 1.16 bits per heavy atom. The van der Waals surface area contributed by atoms with Gasteiger partial charge in [0.25, 0.3) is 0 Å². The highest BCUT2D eigenvalue weighted by atomic mass is 16.5. The number of esters is 2. The topological polar surface area (TPSA) is 55.8 Å². The molecule has 1 rings (SSSR count). The number of rotatable bonds is 21. The molecule has 0 bridgehead atoms. The molecule has 0 unspecified atom stereocenters. The molecule has 1 aromatic carbocycles. The summed E-state index contributed by atoms with van der Waals surface area (Å²) in [5, 5.41) is 0. The lowest BCUT2D eigenvalue weighted by Crippen LogP contribution is -2.21. The quantitative estimate of drug-likeness (QED) is 0.120. The third-order valence-electron chi connectivity index (χ3n) is 6.67. The van der Waals surface area contributed by atoms with Crippen molar-refractivity contribution in [2.24, 2.45) is 0 Å². The summed E-state index contributed by atoms with van der Waals surface area (Å²) in [5.74, 6) is -0.881. The molecule has 5 heteroatoms. The van der Waals surface area contributed by atoms with Crippen LogP contribution in [0.15, 0.2) is 24.3 Å². The smallest absolute Gasteiger partial charge is 0.339 e. The van der Waals surface area contributed by atoms with E-state index in [0.29, 0.717) is 24.3 Å². The normalized spacial score (nSPS) is 10.6. The minimum Gasteiger partial charge on any atom is -0.462 e.